The van der Waals surface area contributed by atoms with Gasteiger partial charge in [-0.3, -0.25) is 9.80 Å². The van der Waals surface area contributed by atoms with Crippen LogP contribution in [0, 0.1) is 0 Å². The van der Waals surface area contributed by atoms with E-state index >= 15 is 0 Å². The molecule has 0 heterocycles. The highest BCUT2D eigenvalue weighted by molar-refractivity contribution is 4.46. The van der Waals surface area contributed by atoms with Crippen LogP contribution >= 0.6 is 0 Å². The minimum absolute atomic E-state index is 1.08. The highest BCUT2D eigenvalue weighted by Gasteiger charge is 1.96. The molecule has 18 heavy (non-hydrogen) atoms. The van der Waals surface area contributed by atoms with Gasteiger partial charge in [0, 0.05) is 6.67 Å². The standard InChI is InChI=1S/C7H18N2.C5H13N.C3H8/c1-5-8(3)7-9(4)6-2;1-4-6(3)5-2;1-3-2/h5-7H2,1-4H3;4-5H2,1-3H3;3H2,1-2H3. The fourth-order valence-electron chi connectivity index (χ4n) is 0.836. The lowest BCUT2D eigenvalue weighted by molar-refractivity contribution is 0.196. The third-order valence-electron chi connectivity index (χ3n) is 2.64. The molecule has 3 heteroatoms. The quantitative estimate of drug-likeness (QED) is 0.680. The second-order valence-corrected chi connectivity index (χ2v) is 4.68. The Balaban J connectivity index is -0.000000216. The van der Waals surface area contributed by atoms with Gasteiger partial charge < -0.3 is 4.90 Å². The van der Waals surface area contributed by atoms with Gasteiger partial charge in [0.2, 0.25) is 0 Å². The Kier molecular flexibility index (Phi) is 24.6. The third kappa shape index (κ3) is 24.9. The van der Waals surface area contributed by atoms with E-state index in [4.69, 9.17) is 0 Å². The van der Waals surface area contributed by atoms with Crippen LogP contribution in [0.4, 0.5) is 0 Å². The fourth-order valence-corrected chi connectivity index (χ4v) is 0.836. The molecule has 0 aliphatic rings. The van der Waals surface area contributed by atoms with Gasteiger partial charge in [-0.15, -0.1) is 0 Å². The molecule has 0 amide bonds. The molecule has 0 unspecified atom stereocenters. The molecule has 0 spiro atoms. The Morgan fingerprint density at radius 2 is 0.722 bits per heavy atom. The molecule has 0 radical (unpaired) electrons. The number of hydrogen-bond donors (Lipinski definition) is 0. The molecule has 3 nitrogen and oxygen atoms in total. The van der Waals surface area contributed by atoms with E-state index in [9.17, 15) is 0 Å². The molecule has 0 aromatic rings. The Morgan fingerprint density at radius 3 is 0.833 bits per heavy atom. The lowest BCUT2D eigenvalue weighted by Crippen LogP contribution is -2.32. The summed E-state index contributed by atoms with van der Waals surface area (Å²) < 4.78 is 0. The third-order valence-corrected chi connectivity index (χ3v) is 2.64. The minimum atomic E-state index is 1.08. The topological polar surface area (TPSA) is 9.72 Å². The summed E-state index contributed by atoms with van der Waals surface area (Å²) in [5.41, 5.74) is 0. The van der Waals surface area contributed by atoms with Crippen LogP contribution in [0.15, 0.2) is 0 Å². The van der Waals surface area contributed by atoms with Crippen LogP contribution in [0.1, 0.15) is 48.0 Å². The molecule has 0 atom stereocenters. The van der Waals surface area contributed by atoms with E-state index in [1.165, 1.54) is 6.42 Å². The molecular weight excluding hydrogens is 222 g/mol. The Hall–Kier alpha value is -0.120. The van der Waals surface area contributed by atoms with Crippen LogP contribution < -0.4 is 0 Å². The first kappa shape index (κ1) is 23.0. The van der Waals surface area contributed by atoms with E-state index in [2.05, 4.69) is 77.4 Å². The molecule has 0 fully saturated rings. The van der Waals surface area contributed by atoms with E-state index in [-0.39, 0.29) is 0 Å². The predicted molar refractivity (Wildman–Crippen MR) is 86.3 cm³/mol. The molecule has 0 aromatic heterocycles. The summed E-state index contributed by atoms with van der Waals surface area (Å²) in [7, 11) is 6.37. The SMILES string of the molecule is CCC.CCN(C)CC.CCN(C)CN(C)CC. The second kappa shape index (κ2) is 19.2. The fraction of sp³-hybridized carbons (Fsp3) is 1.00. The molecule has 114 valence electrons. The average Bonchev–Trinajstić information content (AvgIpc) is 2.38. The lowest BCUT2D eigenvalue weighted by atomic mass is 10.6. The first-order chi connectivity index (χ1) is 8.42. The lowest BCUT2D eigenvalue weighted by Gasteiger charge is -2.21. The number of rotatable bonds is 6. The molecule has 0 aliphatic heterocycles. The number of hydrogen-bond acceptors (Lipinski definition) is 3. The van der Waals surface area contributed by atoms with Crippen molar-refractivity contribution in [3.63, 3.8) is 0 Å². The summed E-state index contributed by atoms with van der Waals surface area (Å²) >= 11 is 0. The molecule has 0 rings (SSSR count). The van der Waals surface area contributed by atoms with Crippen molar-refractivity contribution >= 4 is 0 Å². The summed E-state index contributed by atoms with van der Waals surface area (Å²) in [6, 6.07) is 0. The summed E-state index contributed by atoms with van der Waals surface area (Å²) in [6.45, 7) is 18.6. The molecule has 0 aliphatic carbocycles. The summed E-state index contributed by atoms with van der Waals surface area (Å²) in [4.78, 5) is 6.81. The molecule has 0 N–H and O–H groups in total. The van der Waals surface area contributed by atoms with Crippen molar-refractivity contribution in [3.8, 4) is 0 Å². The number of nitrogens with zero attached hydrogens (tertiary/aromatic N) is 3. The molecule has 0 aromatic carbocycles. The van der Waals surface area contributed by atoms with Gasteiger partial charge in [-0.2, -0.15) is 0 Å². The van der Waals surface area contributed by atoms with Crippen LogP contribution in [0.5, 0.6) is 0 Å². The van der Waals surface area contributed by atoms with Gasteiger partial charge in [-0.05, 0) is 47.3 Å². The largest absolute Gasteiger partial charge is 0.307 e. The molecule has 0 saturated carbocycles. The minimum Gasteiger partial charge on any atom is -0.307 e. The smallest absolute Gasteiger partial charge is 0.0500 e. The van der Waals surface area contributed by atoms with Crippen molar-refractivity contribution < 1.29 is 0 Å². The Labute approximate surface area is 117 Å². The molecule has 0 bridgehead atoms. The van der Waals surface area contributed by atoms with Gasteiger partial charge in [0.05, 0.1) is 0 Å². The zero-order chi connectivity index (χ0) is 15.0. The predicted octanol–water partition coefficient (Wildman–Crippen LogP) is 3.22. The van der Waals surface area contributed by atoms with Crippen LogP contribution in [0.2, 0.25) is 0 Å². The van der Waals surface area contributed by atoms with E-state index < -0.39 is 0 Å². The second-order valence-electron chi connectivity index (χ2n) is 4.68. The monoisotopic (exact) mass is 261 g/mol. The van der Waals surface area contributed by atoms with Crippen molar-refractivity contribution in [2.24, 2.45) is 0 Å². The van der Waals surface area contributed by atoms with Crippen LogP contribution in [0.25, 0.3) is 0 Å². The van der Waals surface area contributed by atoms with Crippen molar-refractivity contribution in [1.29, 1.82) is 0 Å². The van der Waals surface area contributed by atoms with Crippen LogP contribution in [0.3, 0.4) is 0 Å². The van der Waals surface area contributed by atoms with Crippen molar-refractivity contribution in [2.75, 3.05) is 54.0 Å². The first-order valence-electron chi connectivity index (χ1n) is 7.48. The summed E-state index contributed by atoms with van der Waals surface area (Å²) in [5.74, 6) is 0. The maximum absolute atomic E-state index is 2.28. The zero-order valence-corrected chi connectivity index (χ0v) is 14.6. The zero-order valence-electron chi connectivity index (χ0n) is 14.6. The van der Waals surface area contributed by atoms with Crippen LogP contribution in [-0.4, -0.2) is 68.7 Å². The Bertz CT molecular complexity index is 117. The normalized spacial score (nSPS) is 10.0. The van der Waals surface area contributed by atoms with Gasteiger partial charge in [0.25, 0.3) is 0 Å². The van der Waals surface area contributed by atoms with Gasteiger partial charge in [-0.1, -0.05) is 48.0 Å². The summed E-state index contributed by atoms with van der Waals surface area (Å²) in [5, 5.41) is 0. The van der Waals surface area contributed by atoms with Crippen molar-refractivity contribution in [2.45, 2.75) is 48.0 Å². The molecular formula is C15H39N3. The van der Waals surface area contributed by atoms with Gasteiger partial charge in [0.1, 0.15) is 0 Å². The van der Waals surface area contributed by atoms with Gasteiger partial charge in [0.15, 0.2) is 0 Å². The van der Waals surface area contributed by atoms with E-state index in [0.29, 0.717) is 0 Å². The van der Waals surface area contributed by atoms with Crippen molar-refractivity contribution in [1.82, 2.24) is 14.7 Å². The maximum atomic E-state index is 2.28. The van der Waals surface area contributed by atoms with E-state index in [1.807, 2.05) is 0 Å². The van der Waals surface area contributed by atoms with E-state index in [1.54, 1.807) is 0 Å². The highest BCUT2D eigenvalue weighted by atomic mass is 15.3. The van der Waals surface area contributed by atoms with Gasteiger partial charge >= 0.3 is 0 Å². The summed E-state index contributed by atoms with van der Waals surface area (Å²) in [6.07, 6.45) is 1.25. The molecule has 0 saturated heterocycles. The Morgan fingerprint density at radius 1 is 0.500 bits per heavy atom. The average molecular weight is 261 g/mol. The van der Waals surface area contributed by atoms with Crippen molar-refractivity contribution in [3.05, 3.63) is 0 Å². The highest BCUT2D eigenvalue weighted by Crippen LogP contribution is 1.84. The van der Waals surface area contributed by atoms with E-state index in [0.717, 1.165) is 32.8 Å². The van der Waals surface area contributed by atoms with Crippen LogP contribution in [-0.2, 0) is 0 Å². The maximum Gasteiger partial charge on any atom is 0.0500 e. The first-order valence-corrected chi connectivity index (χ1v) is 7.48. The van der Waals surface area contributed by atoms with Gasteiger partial charge in [-0.25, -0.2) is 0 Å².